The van der Waals surface area contributed by atoms with Gasteiger partial charge in [0.1, 0.15) is 19.0 Å². The van der Waals surface area contributed by atoms with E-state index in [-0.39, 0.29) is 0 Å². The van der Waals surface area contributed by atoms with Crippen molar-refractivity contribution in [2.75, 3.05) is 5.73 Å². The molecule has 4 rings (SSSR count). The van der Waals surface area contributed by atoms with Crippen LogP contribution in [0.25, 0.3) is 11.1 Å². The fourth-order valence-corrected chi connectivity index (χ4v) is 2.94. The molecule has 0 amide bonds. The number of aromatic nitrogens is 1. The number of hydrogen-bond acceptors (Lipinski definition) is 4. The van der Waals surface area contributed by atoms with Gasteiger partial charge >= 0.3 is 0 Å². The zero-order valence-electron chi connectivity index (χ0n) is 16.0. The van der Waals surface area contributed by atoms with Crippen LogP contribution in [0.3, 0.4) is 0 Å². The van der Waals surface area contributed by atoms with E-state index in [0.717, 1.165) is 22.3 Å². The van der Waals surface area contributed by atoms with E-state index in [2.05, 4.69) is 4.98 Å². The molecule has 0 radical (unpaired) electrons. The van der Waals surface area contributed by atoms with E-state index in [1.807, 2.05) is 91.0 Å². The standard InChI is InChI=1S/C25H22N2O2/c26-23-13-11-21(15-24(23)28-17-19-7-3-1-4-8-19)22-12-14-25(27-16-22)29-18-20-9-5-2-6-10-20/h1-16H,17-18,26H2. The smallest absolute Gasteiger partial charge is 0.213 e. The molecule has 0 atom stereocenters. The molecule has 0 unspecified atom stereocenters. The second kappa shape index (κ2) is 8.93. The predicted molar refractivity (Wildman–Crippen MR) is 116 cm³/mol. The molecule has 1 aromatic heterocycles. The molecule has 0 aliphatic heterocycles. The van der Waals surface area contributed by atoms with Crippen LogP contribution in [0.4, 0.5) is 5.69 Å². The molecule has 2 N–H and O–H groups in total. The maximum absolute atomic E-state index is 6.09. The second-order valence-electron chi connectivity index (χ2n) is 6.69. The van der Waals surface area contributed by atoms with Gasteiger partial charge in [-0.2, -0.15) is 0 Å². The van der Waals surface area contributed by atoms with Gasteiger partial charge in [0.2, 0.25) is 5.88 Å². The molecule has 3 aromatic carbocycles. The van der Waals surface area contributed by atoms with E-state index in [0.29, 0.717) is 30.5 Å². The monoisotopic (exact) mass is 382 g/mol. The Morgan fingerprint density at radius 3 is 1.90 bits per heavy atom. The largest absolute Gasteiger partial charge is 0.487 e. The van der Waals surface area contributed by atoms with E-state index < -0.39 is 0 Å². The molecule has 4 heteroatoms. The lowest BCUT2D eigenvalue weighted by Gasteiger charge is -2.11. The van der Waals surface area contributed by atoms with Crippen LogP contribution in [0, 0.1) is 0 Å². The molecular formula is C25H22N2O2. The minimum absolute atomic E-state index is 0.471. The lowest BCUT2D eigenvalue weighted by Crippen LogP contribution is -1.99. The summed E-state index contributed by atoms with van der Waals surface area (Å²) in [7, 11) is 0. The van der Waals surface area contributed by atoms with Gasteiger partial charge in [-0.1, -0.05) is 66.7 Å². The molecule has 0 aliphatic rings. The van der Waals surface area contributed by atoms with E-state index in [9.17, 15) is 0 Å². The van der Waals surface area contributed by atoms with Crippen LogP contribution in [0.15, 0.2) is 97.2 Å². The lowest BCUT2D eigenvalue weighted by molar-refractivity contribution is 0.294. The van der Waals surface area contributed by atoms with Gasteiger partial charge in [0.25, 0.3) is 0 Å². The SMILES string of the molecule is Nc1ccc(-c2ccc(OCc3ccccc3)nc2)cc1OCc1ccccc1. The van der Waals surface area contributed by atoms with Crippen molar-refractivity contribution in [3.8, 4) is 22.8 Å². The molecule has 0 spiro atoms. The maximum Gasteiger partial charge on any atom is 0.213 e. The number of anilines is 1. The maximum atomic E-state index is 6.09. The number of nitrogen functional groups attached to an aromatic ring is 1. The van der Waals surface area contributed by atoms with Crippen LogP contribution in [0.5, 0.6) is 11.6 Å². The van der Waals surface area contributed by atoms with E-state index in [1.54, 1.807) is 6.20 Å². The quantitative estimate of drug-likeness (QED) is 0.430. The molecule has 0 aliphatic carbocycles. The van der Waals surface area contributed by atoms with Crippen molar-refractivity contribution in [3.63, 3.8) is 0 Å². The average molecular weight is 382 g/mol. The second-order valence-corrected chi connectivity index (χ2v) is 6.69. The predicted octanol–water partition coefficient (Wildman–Crippen LogP) is 5.49. The summed E-state index contributed by atoms with van der Waals surface area (Å²) in [5, 5.41) is 0. The normalized spacial score (nSPS) is 10.5. The lowest BCUT2D eigenvalue weighted by atomic mass is 10.1. The van der Waals surface area contributed by atoms with E-state index >= 15 is 0 Å². The van der Waals surface area contributed by atoms with Gasteiger partial charge in [-0.15, -0.1) is 0 Å². The molecule has 0 saturated carbocycles. The molecule has 4 aromatic rings. The van der Waals surface area contributed by atoms with Gasteiger partial charge in [0.05, 0.1) is 5.69 Å². The summed E-state index contributed by atoms with van der Waals surface area (Å²) in [5.74, 6) is 1.25. The first-order valence-electron chi connectivity index (χ1n) is 9.47. The Hall–Kier alpha value is -3.79. The summed E-state index contributed by atoms with van der Waals surface area (Å²) in [6, 6.07) is 29.7. The van der Waals surface area contributed by atoms with Crippen LogP contribution in [0.2, 0.25) is 0 Å². The molecular weight excluding hydrogens is 360 g/mol. The Kier molecular flexibility index (Phi) is 5.72. The van der Waals surface area contributed by atoms with Crippen molar-refractivity contribution < 1.29 is 9.47 Å². The number of benzene rings is 3. The van der Waals surface area contributed by atoms with Crippen LogP contribution in [0.1, 0.15) is 11.1 Å². The van der Waals surface area contributed by atoms with Crippen LogP contribution in [-0.2, 0) is 13.2 Å². The highest BCUT2D eigenvalue weighted by molar-refractivity contribution is 5.69. The van der Waals surface area contributed by atoms with Crippen molar-refractivity contribution >= 4 is 5.69 Å². The zero-order chi connectivity index (χ0) is 19.9. The Labute approximate surface area is 170 Å². The Morgan fingerprint density at radius 1 is 0.655 bits per heavy atom. The fraction of sp³-hybridized carbons (Fsp3) is 0.0800. The third kappa shape index (κ3) is 4.93. The minimum Gasteiger partial charge on any atom is -0.487 e. The fourth-order valence-electron chi connectivity index (χ4n) is 2.94. The number of nitrogens with two attached hydrogens (primary N) is 1. The highest BCUT2D eigenvalue weighted by Crippen LogP contribution is 2.30. The molecule has 144 valence electrons. The Bertz CT molecular complexity index is 1050. The van der Waals surface area contributed by atoms with Crippen LogP contribution < -0.4 is 15.2 Å². The van der Waals surface area contributed by atoms with Gasteiger partial charge in [-0.25, -0.2) is 4.98 Å². The number of hydrogen-bond donors (Lipinski definition) is 1. The highest BCUT2D eigenvalue weighted by atomic mass is 16.5. The summed E-state index contributed by atoms with van der Waals surface area (Å²) in [6.07, 6.45) is 1.80. The van der Waals surface area contributed by atoms with Crippen molar-refractivity contribution in [1.29, 1.82) is 0 Å². The third-order valence-corrected chi connectivity index (χ3v) is 4.55. The van der Waals surface area contributed by atoms with Gasteiger partial charge in [0.15, 0.2) is 0 Å². The van der Waals surface area contributed by atoms with Gasteiger partial charge in [0, 0.05) is 17.8 Å². The first kappa shape index (κ1) is 18.6. The Balaban J connectivity index is 1.43. The summed E-state index contributed by atoms with van der Waals surface area (Å²) in [4.78, 5) is 4.42. The number of ether oxygens (including phenoxy) is 2. The third-order valence-electron chi connectivity index (χ3n) is 4.55. The summed E-state index contributed by atoms with van der Waals surface area (Å²) in [6.45, 7) is 0.964. The molecule has 4 nitrogen and oxygen atoms in total. The number of nitrogens with zero attached hydrogens (tertiary/aromatic N) is 1. The Morgan fingerprint density at radius 2 is 1.28 bits per heavy atom. The van der Waals surface area contributed by atoms with Crippen molar-refractivity contribution in [2.24, 2.45) is 0 Å². The summed E-state index contributed by atoms with van der Waals surface area (Å²) >= 11 is 0. The average Bonchev–Trinajstić information content (AvgIpc) is 2.79. The van der Waals surface area contributed by atoms with Crippen molar-refractivity contribution in [3.05, 3.63) is 108 Å². The van der Waals surface area contributed by atoms with Gasteiger partial charge in [-0.3, -0.25) is 0 Å². The zero-order valence-corrected chi connectivity index (χ0v) is 16.0. The molecule has 0 fully saturated rings. The molecule has 0 saturated heterocycles. The number of pyridine rings is 1. The minimum atomic E-state index is 0.471. The van der Waals surface area contributed by atoms with Crippen LogP contribution >= 0.6 is 0 Å². The summed E-state index contributed by atoms with van der Waals surface area (Å²) < 4.78 is 11.7. The van der Waals surface area contributed by atoms with Crippen molar-refractivity contribution in [1.82, 2.24) is 4.98 Å². The molecule has 29 heavy (non-hydrogen) atoms. The number of rotatable bonds is 7. The highest BCUT2D eigenvalue weighted by Gasteiger charge is 2.06. The summed E-state index contributed by atoms with van der Waals surface area (Å²) in [5.41, 5.74) is 10.9. The topological polar surface area (TPSA) is 57.4 Å². The molecule has 0 bridgehead atoms. The molecule has 1 heterocycles. The van der Waals surface area contributed by atoms with E-state index in [4.69, 9.17) is 15.2 Å². The van der Waals surface area contributed by atoms with Crippen molar-refractivity contribution in [2.45, 2.75) is 13.2 Å². The first-order valence-corrected chi connectivity index (χ1v) is 9.47. The van der Waals surface area contributed by atoms with Gasteiger partial charge < -0.3 is 15.2 Å². The van der Waals surface area contributed by atoms with Crippen LogP contribution in [-0.4, -0.2) is 4.98 Å². The first-order chi connectivity index (χ1) is 14.3. The van der Waals surface area contributed by atoms with E-state index in [1.165, 1.54) is 0 Å². The van der Waals surface area contributed by atoms with Gasteiger partial charge in [-0.05, 0) is 34.9 Å².